The van der Waals surface area contributed by atoms with Crippen LogP contribution in [0.25, 0.3) is 11.1 Å². The Bertz CT molecular complexity index is 1010. The zero-order chi connectivity index (χ0) is 21.5. The number of ether oxygens (including phenoxy) is 1. The van der Waals surface area contributed by atoms with Crippen molar-refractivity contribution in [3.8, 4) is 11.1 Å². The molecule has 7 heteroatoms. The monoisotopic (exact) mass is 420 g/mol. The normalized spacial score (nSPS) is 14.4. The van der Waals surface area contributed by atoms with E-state index in [0.717, 1.165) is 24.2 Å². The lowest BCUT2D eigenvalue weighted by atomic mass is 10.0. The van der Waals surface area contributed by atoms with E-state index < -0.39 is 5.95 Å². The molecule has 1 amide bonds. The standard InChI is InChI=1S/C24H25FN4O2/c25-24-21(16-26-22(28-24)17-29-10-12-31-13-11-29)20-8-6-18(7-9-20)14-23(30)27-15-19-4-2-1-3-5-19/h1-9,16H,10-15,17H2,(H,27,30). The van der Waals surface area contributed by atoms with Gasteiger partial charge >= 0.3 is 0 Å². The third-order valence-corrected chi connectivity index (χ3v) is 5.22. The zero-order valence-electron chi connectivity index (χ0n) is 17.3. The van der Waals surface area contributed by atoms with Crippen molar-refractivity contribution >= 4 is 5.91 Å². The van der Waals surface area contributed by atoms with Crippen molar-refractivity contribution < 1.29 is 13.9 Å². The molecule has 1 aliphatic heterocycles. The predicted molar refractivity (Wildman–Crippen MR) is 116 cm³/mol. The number of aromatic nitrogens is 2. The highest BCUT2D eigenvalue weighted by Gasteiger charge is 2.15. The third-order valence-electron chi connectivity index (χ3n) is 5.22. The molecule has 0 radical (unpaired) electrons. The second-order valence-electron chi connectivity index (χ2n) is 7.52. The molecule has 0 spiro atoms. The molecule has 1 saturated heterocycles. The fourth-order valence-corrected chi connectivity index (χ4v) is 3.47. The highest BCUT2D eigenvalue weighted by molar-refractivity contribution is 5.78. The lowest BCUT2D eigenvalue weighted by Gasteiger charge is -2.25. The summed E-state index contributed by atoms with van der Waals surface area (Å²) < 4.78 is 19.9. The van der Waals surface area contributed by atoms with Crippen LogP contribution in [0.1, 0.15) is 17.0 Å². The summed E-state index contributed by atoms with van der Waals surface area (Å²) in [6, 6.07) is 17.0. The fraction of sp³-hybridized carbons (Fsp3) is 0.292. The molecular formula is C24H25FN4O2. The van der Waals surface area contributed by atoms with Gasteiger partial charge in [-0.05, 0) is 16.7 Å². The van der Waals surface area contributed by atoms with E-state index >= 15 is 0 Å². The molecule has 0 unspecified atom stereocenters. The molecule has 6 nitrogen and oxygen atoms in total. The number of carbonyl (C=O) groups excluding carboxylic acids is 1. The smallest absolute Gasteiger partial charge is 0.224 e. The van der Waals surface area contributed by atoms with E-state index in [4.69, 9.17) is 4.74 Å². The Morgan fingerprint density at radius 2 is 1.77 bits per heavy atom. The van der Waals surface area contributed by atoms with Crippen molar-refractivity contribution in [3.05, 3.63) is 83.7 Å². The van der Waals surface area contributed by atoms with E-state index in [0.29, 0.717) is 43.3 Å². The lowest BCUT2D eigenvalue weighted by Crippen LogP contribution is -2.36. The van der Waals surface area contributed by atoms with E-state index in [1.54, 1.807) is 12.1 Å². The van der Waals surface area contributed by atoms with Gasteiger partial charge in [0.05, 0.1) is 31.7 Å². The Labute approximate surface area is 181 Å². The van der Waals surface area contributed by atoms with Crippen LogP contribution < -0.4 is 5.32 Å². The van der Waals surface area contributed by atoms with E-state index in [-0.39, 0.29) is 12.3 Å². The summed E-state index contributed by atoms with van der Waals surface area (Å²) in [6.07, 6.45) is 1.80. The van der Waals surface area contributed by atoms with Gasteiger partial charge in [0.1, 0.15) is 5.82 Å². The second-order valence-corrected chi connectivity index (χ2v) is 7.52. The minimum Gasteiger partial charge on any atom is -0.379 e. The van der Waals surface area contributed by atoms with Crippen molar-refractivity contribution in [1.29, 1.82) is 0 Å². The molecule has 4 rings (SSSR count). The molecular weight excluding hydrogens is 395 g/mol. The lowest BCUT2D eigenvalue weighted by molar-refractivity contribution is -0.120. The third kappa shape index (κ3) is 5.93. The topological polar surface area (TPSA) is 67.4 Å². The fourth-order valence-electron chi connectivity index (χ4n) is 3.47. The Balaban J connectivity index is 1.34. The van der Waals surface area contributed by atoms with Gasteiger partial charge < -0.3 is 10.1 Å². The van der Waals surface area contributed by atoms with Crippen molar-refractivity contribution in [2.45, 2.75) is 19.5 Å². The first kappa shape index (κ1) is 21.1. The molecule has 2 aromatic carbocycles. The first-order chi connectivity index (χ1) is 15.2. The van der Waals surface area contributed by atoms with Gasteiger partial charge in [0.2, 0.25) is 11.9 Å². The predicted octanol–water partition coefficient (Wildman–Crippen LogP) is 2.97. The quantitative estimate of drug-likeness (QED) is 0.596. The van der Waals surface area contributed by atoms with Gasteiger partial charge in [-0.25, -0.2) is 9.97 Å². The van der Waals surface area contributed by atoms with Crippen LogP contribution in [0.4, 0.5) is 4.39 Å². The Kier molecular flexibility index (Phi) is 6.96. The maximum atomic E-state index is 14.6. The van der Waals surface area contributed by atoms with Crippen LogP contribution in [-0.4, -0.2) is 47.1 Å². The van der Waals surface area contributed by atoms with Gasteiger partial charge in [-0.15, -0.1) is 0 Å². The Morgan fingerprint density at radius 3 is 2.48 bits per heavy atom. The van der Waals surface area contributed by atoms with Crippen molar-refractivity contribution in [2.24, 2.45) is 0 Å². The van der Waals surface area contributed by atoms with E-state index in [2.05, 4.69) is 20.2 Å². The average molecular weight is 420 g/mol. The summed E-state index contributed by atoms with van der Waals surface area (Å²) in [5.41, 5.74) is 2.95. The van der Waals surface area contributed by atoms with E-state index in [1.165, 1.54) is 6.20 Å². The Morgan fingerprint density at radius 1 is 1.03 bits per heavy atom. The van der Waals surface area contributed by atoms with Crippen molar-refractivity contribution in [1.82, 2.24) is 20.2 Å². The number of hydrogen-bond acceptors (Lipinski definition) is 5. The first-order valence-corrected chi connectivity index (χ1v) is 10.4. The second kappa shape index (κ2) is 10.2. The van der Waals surface area contributed by atoms with E-state index in [9.17, 15) is 9.18 Å². The van der Waals surface area contributed by atoms with Gasteiger partial charge in [-0.3, -0.25) is 9.69 Å². The first-order valence-electron chi connectivity index (χ1n) is 10.4. The summed E-state index contributed by atoms with van der Waals surface area (Å²) >= 11 is 0. The molecule has 1 aromatic heterocycles. The zero-order valence-corrected chi connectivity index (χ0v) is 17.3. The number of benzene rings is 2. The molecule has 160 valence electrons. The number of nitrogens with one attached hydrogen (secondary N) is 1. The van der Waals surface area contributed by atoms with Crippen molar-refractivity contribution in [2.75, 3.05) is 26.3 Å². The van der Waals surface area contributed by atoms with Crippen LogP contribution >= 0.6 is 0 Å². The maximum Gasteiger partial charge on any atom is 0.224 e. The molecule has 0 atom stereocenters. The van der Waals surface area contributed by atoms with Crippen LogP contribution in [-0.2, 0) is 29.0 Å². The highest BCUT2D eigenvalue weighted by atomic mass is 19.1. The van der Waals surface area contributed by atoms with Crippen LogP contribution in [0.5, 0.6) is 0 Å². The van der Waals surface area contributed by atoms with Crippen LogP contribution in [0, 0.1) is 5.95 Å². The van der Waals surface area contributed by atoms with Gasteiger partial charge in [-0.2, -0.15) is 4.39 Å². The number of morpholine rings is 1. The van der Waals surface area contributed by atoms with Gasteiger partial charge in [0.15, 0.2) is 0 Å². The van der Waals surface area contributed by atoms with Crippen LogP contribution in [0.2, 0.25) is 0 Å². The number of amides is 1. The number of hydrogen-bond donors (Lipinski definition) is 1. The molecule has 0 saturated carbocycles. The average Bonchev–Trinajstić information content (AvgIpc) is 2.80. The number of halogens is 1. The van der Waals surface area contributed by atoms with Gasteiger partial charge in [0.25, 0.3) is 0 Å². The van der Waals surface area contributed by atoms with Crippen LogP contribution in [0.3, 0.4) is 0 Å². The molecule has 1 aliphatic rings. The number of nitrogens with zero attached hydrogens (tertiary/aromatic N) is 3. The molecule has 2 heterocycles. The minimum absolute atomic E-state index is 0.0569. The van der Waals surface area contributed by atoms with Crippen molar-refractivity contribution in [3.63, 3.8) is 0 Å². The van der Waals surface area contributed by atoms with E-state index in [1.807, 2.05) is 42.5 Å². The number of rotatable bonds is 7. The van der Waals surface area contributed by atoms with Crippen LogP contribution in [0.15, 0.2) is 60.8 Å². The highest BCUT2D eigenvalue weighted by Crippen LogP contribution is 2.22. The maximum absolute atomic E-state index is 14.6. The Hall–Kier alpha value is -3.16. The summed E-state index contributed by atoms with van der Waals surface area (Å²) in [5, 5.41) is 2.91. The molecule has 1 fully saturated rings. The molecule has 1 N–H and O–H groups in total. The van der Waals surface area contributed by atoms with Gasteiger partial charge in [-0.1, -0.05) is 54.6 Å². The minimum atomic E-state index is -0.536. The summed E-state index contributed by atoms with van der Waals surface area (Å²) in [5.74, 6) is -0.125. The molecule has 31 heavy (non-hydrogen) atoms. The molecule has 0 aliphatic carbocycles. The number of carbonyl (C=O) groups is 1. The summed E-state index contributed by atoms with van der Waals surface area (Å²) in [6.45, 7) is 3.96. The largest absolute Gasteiger partial charge is 0.379 e. The summed E-state index contributed by atoms with van der Waals surface area (Å²) in [7, 11) is 0. The summed E-state index contributed by atoms with van der Waals surface area (Å²) in [4.78, 5) is 22.7. The SMILES string of the molecule is O=C(Cc1ccc(-c2cnc(CN3CCOCC3)nc2F)cc1)NCc1ccccc1. The molecule has 0 bridgehead atoms. The molecule has 3 aromatic rings. The van der Waals surface area contributed by atoms with Gasteiger partial charge in [0, 0.05) is 25.8 Å².